The fourth-order valence-electron chi connectivity index (χ4n) is 4.22. The molecule has 0 radical (unpaired) electrons. The van der Waals surface area contributed by atoms with Gasteiger partial charge < -0.3 is 10.2 Å². The summed E-state index contributed by atoms with van der Waals surface area (Å²) in [5.74, 6) is 0.0367. The fraction of sp³-hybridized carbons (Fsp3) is 0.280. The van der Waals surface area contributed by atoms with E-state index in [-0.39, 0.29) is 17.7 Å². The molecule has 0 saturated carbocycles. The quantitative estimate of drug-likeness (QED) is 0.693. The summed E-state index contributed by atoms with van der Waals surface area (Å²) in [6, 6.07) is 19.9. The number of fused-ring (bicyclic) bond motifs is 1. The second-order valence-corrected chi connectivity index (χ2v) is 7.96. The zero-order valence-corrected chi connectivity index (χ0v) is 16.9. The van der Waals surface area contributed by atoms with E-state index in [1.54, 1.807) is 0 Å². The van der Waals surface area contributed by atoms with E-state index in [1.165, 1.54) is 0 Å². The number of aryl methyl sites for hydroxylation is 2. The van der Waals surface area contributed by atoms with E-state index in [0.29, 0.717) is 25.9 Å². The van der Waals surface area contributed by atoms with Gasteiger partial charge in [0.1, 0.15) is 0 Å². The van der Waals surface area contributed by atoms with Crippen molar-refractivity contribution in [3.05, 3.63) is 77.4 Å². The lowest BCUT2D eigenvalue weighted by molar-refractivity contribution is -0.121. The zero-order chi connectivity index (χ0) is 20.4. The number of amides is 2. The summed E-state index contributed by atoms with van der Waals surface area (Å²) < 4.78 is 0. The summed E-state index contributed by atoms with van der Waals surface area (Å²) >= 11 is 0. The highest BCUT2D eigenvalue weighted by Gasteiger charge is 2.28. The third-order valence-electron chi connectivity index (χ3n) is 5.66. The molecule has 3 aromatic rings. The maximum absolute atomic E-state index is 13.1. The van der Waals surface area contributed by atoms with E-state index in [2.05, 4.69) is 11.4 Å². The van der Waals surface area contributed by atoms with Gasteiger partial charge in [0, 0.05) is 30.3 Å². The van der Waals surface area contributed by atoms with Gasteiger partial charge >= 0.3 is 0 Å². The van der Waals surface area contributed by atoms with Crippen LogP contribution in [0.3, 0.4) is 0 Å². The van der Waals surface area contributed by atoms with Crippen molar-refractivity contribution in [2.45, 2.75) is 26.7 Å². The van der Waals surface area contributed by atoms with E-state index in [9.17, 15) is 9.59 Å². The topological polar surface area (TPSA) is 49.4 Å². The Kier molecular flexibility index (Phi) is 5.34. The highest BCUT2D eigenvalue weighted by Crippen LogP contribution is 2.25. The molecule has 148 valence electrons. The number of piperidine rings is 1. The number of anilines is 1. The average molecular weight is 386 g/mol. The molecule has 4 rings (SSSR count). The van der Waals surface area contributed by atoms with Gasteiger partial charge in [-0.1, -0.05) is 42.5 Å². The molecule has 0 atom stereocenters. The Morgan fingerprint density at radius 2 is 1.55 bits per heavy atom. The summed E-state index contributed by atoms with van der Waals surface area (Å²) in [6.45, 7) is 5.26. The Hall–Kier alpha value is -3.14. The van der Waals surface area contributed by atoms with E-state index >= 15 is 0 Å². The average Bonchev–Trinajstić information content (AvgIpc) is 2.72. The number of hydrogen-bond acceptors (Lipinski definition) is 2. The van der Waals surface area contributed by atoms with Crippen LogP contribution in [0.1, 0.15) is 34.3 Å². The number of hydrogen-bond donors (Lipinski definition) is 1. The molecule has 0 aliphatic carbocycles. The highest BCUT2D eigenvalue weighted by atomic mass is 16.2. The second-order valence-electron chi connectivity index (χ2n) is 7.96. The van der Waals surface area contributed by atoms with Gasteiger partial charge in [-0.25, -0.2) is 0 Å². The largest absolute Gasteiger partial charge is 0.339 e. The van der Waals surface area contributed by atoms with Gasteiger partial charge in [0.2, 0.25) is 5.91 Å². The molecule has 1 fully saturated rings. The number of carbonyl (C=O) groups excluding carboxylic acids is 2. The van der Waals surface area contributed by atoms with E-state index in [1.807, 2.05) is 73.3 Å². The first-order valence-electron chi connectivity index (χ1n) is 10.2. The Morgan fingerprint density at radius 1 is 0.897 bits per heavy atom. The lowest BCUT2D eigenvalue weighted by Crippen LogP contribution is -2.41. The fourth-order valence-corrected chi connectivity index (χ4v) is 4.22. The van der Waals surface area contributed by atoms with Crippen LogP contribution in [-0.4, -0.2) is 29.8 Å². The van der Waals surface area contributed by atoms with Crippen molar-refractivity contribution in [3.8, 4) is 0 Å². The molecular formula is C25H26N2O2. The summed E-state index contributed by atoms with van der Waals surface area (Å²) in [4.78, 5) is 27.7. The van der Waals surface area contributed by atoms with Crippen LogP contribution in [0.5, 0.6) is 0 Å². The molecule has 4 nitrogen and oxygen atoms in total. The lowest BCUT2D eigenvalue weighted by Gasteiger charge is -2.31. The Morgan fingerprint density at radius 3 is 2.28 bits per heavy atom. The van der Waals surface area contributed by atoms with Gasteiger partial charge in [-0.3, -0.25) is 9.59 Å². The van der Waals surface area contributed by atoms with E-state index < -0.39 is 0 Å². The molecule has 2 amide bonds. The maximum atomic E-state index is 13.1. The Balaban J connectivity index is 1.41. The van der Waals surface area contributed by atoms with Crippen molar-refractivity contribution in [1.82, 2.24) is 4.90 Å². The summed E-state index contributed by atoms with van der Waals surface area (Å²) in [5.41, 5.74) is 3.86. The Labute approximate surface area is 171 Å². The van der Waals surface area contributed by atoms with Crippen molar-refractivity contribution in [3.63, 3.8) is 0 Å². The highest BCUT2D eigenvalue weighted by molar-refractivity contribution is 6.07. The van der Waals surface area contributed by atoms with Gasteiger partial charge in [-0.15, -0.1) is 0 Å². The molecule has 4 heteroatoms. The molecule has 29 heavy (non-hydrogen) atoms. The van der Waals surface area contributed by atoms with Crippen LogP contribution in [-0.2, 0) is 4.79 Å². The Bertz CT molecular complexity index is 1040. The summed E-state index contributed by atoms with van der Waals surface area (Å²) in [7, 11) is 0. The van der Waals surface area contributed by atoms with Crippen LogP contribution in [0, 0.1) is 19.8 Å². The van der Waals surface area contributed by atoms with Gasteiger partial charge in [0.05, 0.1) is 0 Å². The summed E-state index contributed by atoms with van der Waals surface area (Å²) in [5, 5.41) is 5.10. The maximum Gasteiger partial charge on any atom is 0.254 e. The number of likely N-dealkylation sites (tertiary alicyclic amines) is 1. The summed E-state index contributed by atoms with van der Waals surface area (Å²) in [6.07, 6.45) is 1.38. The zero-order valence-electron chi connectivity index (χ0n) is 16.9. The molecule has 3 aromatic carbocycles. The first-order valence-corrected chi connectivity index (χ1v) is 10.2. The number of benzene rings is 3. The molecule has 1 N–H and O–H groups in total. The van der Waals surface area contributed by atoms with Crippen LogP contribution >= 0.6 is 0 Å². The van der Waals surface area contributed by atoms with Crippen LogP contribution in [0.4, 0.5) is 5.69 Å². The molecule has 0 unspecified atom stereocenters. The molecule has 1 heterocycles. The standard InChI is InChI=1S/C25H26N2O2/c1-17-14-18(2)16-21(15-17)26-24(28)20-10-12-27(13-11-20)25(29)23-9-5-7-19-6-3-4-8-22(19)23/h3-9,14-16,20H,10-13H2,1-2H3,(H,26,28). The van der Waals surface area contributed by atoms with Crippen LogP contribution in [0.25, 0.3) is 10.8 Å². The minimum absolute atomic E-state index is 0.0484. The molecule has 0 spiro atoms. The molecule has 1 aliphatic rings. The predicted molar refractivity (Wildman–Crippen MR) is 117 cm³/mol. The van der Waals surface area contributed by atoms with Crippen molar-refractivity contribution in [2.24, 2.45) is 5.92 Å². The third kappa shape index (κ3) is 4.16. The molecule has 1 saturated heterocycles. The normalized spacial score (nSPS) is 14.8. The second kappa shape index (κ2) is 8.08. The molecule has 0 bridgehead atoms. The van der Waals surface area contributed by atoms with Crippen molar-refractivity contribution in [1.29, 1.82) is 0 Å². The minimum atomic E-state index is -0.0626. The van der Waals surface area contributed by atoms with Gasteiger partial charge in [0.15, 0.2) is 0 Å². The SMILES string of the molecule is Cc1cc(C)cc(NC(=O)C2CCN(C(=O)c3cccc4ccccc34)CC2)c1. The lowest BCUT2D eigenvalue weighted by atomic mass is 9.94. The smallest absolute Gasteiger partial charge is 0.254 e. The van der Waals surface area contributed by atoms with Gasteiger partial charge in [-0.05, 0) is 66.8 Å². The molecule has 0 aromatic heterocycles. The number of nitrogens with zero attached hydrogens (tertiary/aromatic N) is 1. The first-order chi connectivity index (χ1) is 14.0. The minimum Gasteiger partial charge on any atom is -0.339 e. The van der Waals surface area contributed by atoms with Crippen LogP contribution < -0.4 is 5.32 Å². The predicted octanol–water partition coefficient (Wildman–Crippen LogP) is 4.95. The monoisotopic (exact) mass is 386 g/mol. The third-order valence-corrected chi connectivity index (χ3v) is 5.66. The number of carbonyl (C=O) groups is 2. The molecular weight excluding hydrogens is 360 g/mol. The number of rotatable bonds is 3. The van der Waals surface area contributed by atoms with Crippen molar-refractivity contribution in [2.75, 3.05) is 18.4 Å². The van der Waals surface area contributed by atoms with Crippen LogP contribution in [0.2, 0.25) is 0 Å². The van der Waals surface area contributed by atoms with Crippen molar-refractivity contribution >= 4 is 28.3 Å². The van der Waals surface area contributed by atoms with Gasteiger partial charge in [0.25, 0.3) is 5.91 Å². The first kappa shape index (κ1) is 19.2. The van der Waals surface area contributed by atoms with E-state index in [4.69, 9.17) is 0 Å². The van der Waals surface area contributed by atoms with Crippen molar-refractivity contribution < 1.29 is 9.59 Å². The molecule has 1 aliphatic heterocycles. The number of nitrogens with one attached hydrogen (secondary N) is 1. The van der Waals surface area contributed by atoms with Crippen LogP contribution in [0.15, 0.2) is 60.7 Å². The van der Waals surface area contributed by atoms with E-state index in [0.717, 1.165) is 33.2 Å². The van der Waals surface area contributed by atoms with Gasteiger partial charge in [-0.2, -0.15) is 0 Å².